The van der Waals surface area contributed by atoms with E-state index in [0.29, 0.717) is 12.3 Å². The highest BCUT2D eigenvalue weighted by Gasteiger charge is 2.17. The minimum absolute atomic E-state index is 0.108. The molecule has 0 saturated carbocycles. The van der Waals surface area contributed by atoms with Gasteiger partial charge in [0.1, 0.15) is 5.58 Å². The van der Waals surface area contributed by atoms with E-state index in [9.17, 15) is 4.79 Å². The summed E-state index contributed by atoms with van der Waals surface area (Å²) in [6.07, 6.45) is 0. The van der Waals surface area contributed by atoms with Crippen molar-refractivity contribution in [3.8, 4) is 0 Å². The molecule has 0 atom stereocenters. The summed E-state index contributed by atoms with van der Waals surface area (Å²) in [5.74, 6) is 0.270. The van der Waals surface area contributed by atoms with Crippen molar-refractivity contribution in [2.75, 3.05) is 7.05 Å². The van der Waals surface area contributed by atoms with Crippen molar-refractivity contribution in [2.45, 2.75) is 6.54 Å². The first kappa shape index (κ1) is 13.4. The molecule has 2 heterocycles. The lowest BCUT2D eigenvalue weighted by atomic mass is 10.2. The maximum Gasteiger partial charge on any atom is 0.289 e. The lowest BCUT2D eigenvalue weighted by Gasteiger charge is -2.14. The number of benzene rings is 1. The van der Waals surface area contributed by atoms with Crippen LogP contribution in [0.1, 0.15) is 16.1 Å². The van der Waals surface area contributed by atoms with Crippen LogP contribution in [0.25, 0.3) is 11.0 Å². The van der Waals surface area contributed by atoms with Gasteiger partial charge < -0.3 is 9.32 Å². The van der Waals surface area contributed by atoms with Crippen molar-refractivity contribution < 1.29 is 9.21 Å². The highest BCUT2D eigenvalue weighted by atomic mass is 79.9. The van der Waals surface area contributed by atoms with Crippen molar-refractivity contribution in [1.82, 2.24) is 4.90 Å². The number of hydrogen-bond acceptors (Lipinski definition) is 3. The van der Waals surface area contributed by atoms with Crippen LogP contribution >= 0.6 is 27.3 Å². The van der Waals surface area contributed by atoms with Crippen molar-refractivity contribution >= 4 is 44.1 Å². The molecule has 0 aliphatic heterocycles. The summed E-state index contributed by atoms with van der Waals surface area (Å²) in [5, 5.41) is 2.98. The first-order chi connectivity index (χ1) is 9.63. The van der Waals surface area contributed by atoms with Crippen LogP contribution in [0.5, 0.6) is 0 Å². The van der Waals surface area contributed by atoms with Gasteiger partial charge in [0, 0.05) is 19.0 Å². The number of rotatable bonds is 3. The molecule has 3 aromatic rings. The molecule has 1 aromatic carbocycles. The molecule has 20 heavy (non-hydrogen) atoms. The zero-order valence-electron chi connectivity index (χ0n) is 10.8. The fourth-order valence-electron chi connectivity index (χ4n) is 2.05. The van der Waals surface area contributed by atoms with E-state index in [-0.39, 0.29) is 5.91 Å². The zero-order valence-corrected chi connectivity index (χ0v) is 13.2. The second-order valence-corrected chi connectivity index (χ2v) is 6.86. The smallest absolute Gasteiger partial charge is 0.289 e. The number of carbonyl (C=O) groups is 1. The van der Waals surface area contributed by atoms with Crippen molar-refractivity contribution in [3.63, 3.8) is 0 Å². The second-order valence-electron chi connectivity index (χ2n) is 4.57. The molecule has 0 spiro atoms. The van der Waals surface area contributed by atoms with E-state index in [4.69, 9.17) is 4.42 Å². The number of hydrogen-bond donors (Lipinski definition) is 0. The van der Waals surface area contributed by atoms with E-state index in [2.05, 4.69) is 15.9 Å². The predicted molar refractivity (Wildman–Crippen MR) is 84.0 cm³/mol. The molecule has 102 valence electrons. The van der Waals surface area contributed by atoms with Crippen molar-refractivity contribution in [2.24, 2.45) is 0 Å². The first-order valence-corrected chi connectivity index (χ1v) is 7.78. The van der Waals surface area contributed by atoms with E-state index in [1.807, 2.05) is 35.7 Å². The molecular weight excluding hydrogens is 338 g/mol. The predicted octanol–water partition coefficient (Wildman–Crippen LogP) is 4.53. The van der Waals surface area contributed by atoms with Gasteiger partial charge in [-0.25, -0.2) is 0 Å². The topological polar surface area (TPSA) is 33.5 Å². The Kier molecular flexibility index (Phi) is 3.63. The molecule has 5 heteroatoms. The van der Waals surface area contributed by atoms with Gasteiger partial charge in [-0.05, 0) is 45.1 Å². The van der Waals surface area contributed by atoms with Gasteiger partial charge in [-0.2, -0.15) is 0 Å². The molecule has 0 aliphatic rings. The molecule has 0 fully saturated rings. The molecule has 2 aromatic heterocycles. The lowest BCUT2D eigenvalue weighted by molar-refractivity contribution is 0.0756. The average molecular weight is 350 g/mol. The Morgan fingerprint density at radius 2 is 2.15 bits per heavy atom. The minimum Gasteiger partial charge on any atom is -0.451 e. The number of halogens is 1. The fraction of sp³-hybridized carbons (Fsp3) is 0.133. The molecule has 0 aliphatic carbocycles. The van der Waals surface area contributed by atoms with Gasteiger partial charge >= 0.3 is 0 Å². The quantitative estimate of drug-likeness (QED) is 0.695. The van der Waals surface area contributed by atoms with Gasteiger partial charge in [0.25, 0.3) is 5.91 Å². The summed E-state index contributed by atoms with van der Waals surface area (Å²) in [5.41, 5.74) is 1.84. The summed E-state index contributed by atoms with van der Waals surface area (Å²) >= 11 is 5.04. The van der Waals surface area contributed by atoms with E-state index >= 15 is 0 Å². The number of amides is 1. The third-order valence-corrected chi connectivity index (χ3v) is 4.58. The summed E-state index contributed by atoms with van der Waals surface area (Å²) in [4.78, 5) is 14.0. The molecule has 0 radical (unpaired) electrons. The van der Waals surface area contributed by atoms with Gasteiger partial charge in [-0.15, -0.1) is 11.3 Å². The lowest BCUT2D eigenvalue weighted by Crippen LogP contribution is -2.25. The Bertz CT molecular complexity index is 729. The Hall–Kier alpha value is -1.59. The summed E-state index contributed by atoms with van der Waals surface area (Å²) in [6.45, 7) is 0.567. The molecule has 0 N–H and O–H groups in total. The Balaban J connectivity index is 1.80. The highest BCUT2D eigenvalue weighted by molar-refractivity contribution is 9.11. The molecule has 3 nitrogen and oxygen atoms in total. The highest BCUT2D eigenvalue weighted by Crippen LogP contribution is 2.23. The maximum absolute atomic E-state index is 12.3. The Labute approximate surface area is 128 Å². The minimum atomic E-state index is -0.108. The van der Waals surface area contributed by atoms with E-state index in [1.165, 1.54) is 0 Å². The van der Waals surface area contributed by atoms with Crippen LogP contribution in [-0.2, 0) is 6.54 Å². The van der Waals surface area contributed by atoms with Crippen LogP contribution in [0.4, 0.5) is 0 Å². The first-order valence-electron chi connectivity index (χ1n) is 6.10. The summed E-state index contributed by atoms with van der Waals surface area (Å²) in [7, 11) is 1.78. The molecule has 3 rings (SSSR count). The summed E-state index contributed by atoms with van der Waals surface area (Å²) in [6, 6.07) is 11.4. The van der Waals surface area contributed by atoms with Crippen LogP contribution in [0.15, 0.2) is 50.0 Å². The third kappa shape index (κ3) is 2.64. The second kappa shape index (κ2) is 5.42. The van der Waals surface area contributed by atoms with Crippen LogP contribution in [0.2, 0.25) is 0 Å². The largest absolute Gasteiger partial charge is 0.451 e. The van der Waals surface area contributed by atoms with Gasteiger partial charge in [0.15, 0.2) is 5.76 Å². The van der Waals surface area contributed by atoms with E-state index in [0.717, 1.165) is 20.3 Å². The number of fused-ring (bicyclic) bond motifs is 1. The Morgan fingerprint density at radius 1 is 1.35 bits per heavy atom. The van der Waals surface area contributed by atoms with Crippen LogP contribution in [0.3, 0.4) is 0 Å². The van der Waals surface area contributed by atoms with Crippen molar-refractivity contribution in [1.29, 1.82) is 0 Å². The Morgan fingerprint density at radius 3 is 2.85 bits per heavy atom. The fourth-order valence-corrected chi connectivity index (χ4v) is 3.25. The van der Waals surface area contributed by atoms with Gasteiger partial charge in [0.2, 0.25) is 0 Å². The standard InChI is InChI=1S/C15H12BrNO2S/c1-17(8-10-6-14(16)20-9-10)15(18)13-7-11-4-2-3-5-12(11)19-13/h2-7,9H,8H2,1H3. The van der Waals surface area contributed by atoms with Gasteiger partial charge in [0.05, 0.1) is 3.79 Å². The third-order valence-electron chi connectivity index (χ3n) is 3.02. The number of thiophene rings is 1. The molecule has 0 bridgehead atoms. The monoisotopic (exact) mass is 349 g/mol. The number of furan rings is 1. The van der Waals surface area contributed by atoms with Crippen LogP contribution in [0, 0.1) is 0 Å². The summed E-state index contributed by atoms with van der Waals surface area (Å²) < 4.78 is 6.66. The normalized spacial score (nSPS) is 10.9. The number of nitrogens with zero attached hydrogens (tertiary/aromatic N) is 1. The van der Waals surface area contributed by atoms with Crippen LogP contribution in [-0.4, -0.2) is 17.9 Å². The number of para-hydroxylation sites is 1. The van der Waals surface area contributed by atoms with Gasteiger partial charge in [-0.1, -0.05) is 18.2 Å². The SMILES string of the molecule is CN(Cc1csc(Br)c1)C(=O)c1cc2ccccc2o1. The molecule has 1 amide bonds. The van der Waals surface area contributed by atoms with Crippen LogP contribution < -0.4 is 0 Å². The molecule has 0 saturated heterocycles. The van der Waals surface area contributed by atoms with Crippen molar-refractivity contribution in [3.05, 3.63) is 56.9 Å². The zero-order chi connectivity index (χ0) is 14.1. The number of carbonyl (C=O) groups excluding carboxylic acids is 1. The van der Waals surface area contributed by atoms with E-state index in [1.54, 1.807) is 29.4 Å². The van der Waals surface area contributed by atoms with Gasteiger partial charge in [-0.3, -0.25) is 4.79 Å². The van der Waals surface area contributed by atoms with E-state index < -0.39 is 0 Å². The molecule has 0 unspecified atom stereocenters. The maximum atomic E-state index is 12.3. The average Bonchev–Trinajstić information content (AvgIpc) is 3.03. The molecular formula is C15H12BrNO2S.